The number of aliphatic hydroxyl groups is 1. The predicted octanol–water partition coefficient (Wildman–Crippen LogP) is 1.28. The molecule has 0 radical (unpaired) electrons. The Kier molecular flexibility index (Phi) is 4.60. The number of anilines is 1. The van der Waals surface area contributed by atoms with Crippen LogP contribution >= 0.6 is 0 Å². The second-order valence-corrected chi connectivity index (χ2v) is 6.66. The molecule has 20 heavy (non-hydrogen) atoms. The molecule has 1 saturated heterocycles. The molecule has 1 fully saturated rings. The van der Waals surface area contributed by atoms with E-state index in [4.69, 9.17) is 0 Å². The molecular weight excluding hydrogens is 252 g/mol. The van der Waals surface area contributed by atoms with Gasteiger partial charge in [0.2, 0.25) is 0 Å². The third-order valence-electron chi connectivity index (χ3n) is 3.64. The highest BCUT2D eigenvalue weighted by Crippen LogP contribution is 2.21. The predicted molar refractivity (Wildman–Crippen MR) is 81.1 cm³/mol. The lowest BCUT2D eigenvalue weighted by molar-refractivity contribution is 0.122. The van der Waals surface area contributed by atoms with E-state index in [1.165, 1.54) is 0 Å². The standard InChI is InChI=1S/C15H26N4O/c1-12(20)11-18-7-9-19(10-8-18)14-6-5-13(16-17-14)15(2,3)4/h5-6,12,20H,7-11H2,1-4H3/t12-/m0/s1. The van der Waals surface area contributed by atoms with Gasteiger partial charge in [-0.15, -0.1) is 5.10 Å². The van der Waals surface area contributed by atoms with Crippen LogP contribution in [0.25, 0.3) is 0 Å². The Morgan fingerprint density at radius 3 is 2.25 bits per heavy atom. The Balaban J connectivity index is 1.94. The van der Waals surface area contributed by atoms with E-state index in [0.29, 0.717) is 0 Å². The maximum absolute atomic E-state index is 9.42. The minimum atomic E-state index is -0.257. The average Bonchev–Trinajstić information content (AvgIpc) is 2.38. The highest BCUT2D eigenvalue weighted by Gasteiger charge is 2.20. The van der Waals surface area contributed by atoms with Crippen LogP contribution in [0.4, 0.5) is 5.82 Å². The Morgan fingerprint density at radius 2 is 1.80 bits per heavy atom. The first kappa shape index (κ1) is 15.2. The Bertz CT molecular complexity index is 416. The molecule has 1 N–H and O–H groups in total. The molecule has 112 valence electrons. The number of aromatic nitrogens is 2. The van der Waals surface area contributed by atoms with Gasteiger partial charge in [0.1, 0.15) is 0 Å². The molecule has 1 aliphatic heterocycles. The zero-order valence-electron chi connectivity index (χ0n) is 13.0. The van der Waals surface area contributed by atoms with Crippen molar-refractivity contribution in [3.05, 3.63) is 17.8 Å². The van der Waals surface area contributed by atoms with Crippen LogP contribution in [0.2, 0.25) is 0 Å². The van der Waals surface area contributed by atoms with Gasteiger partial charge in [-0.2, -0.15) is 5.10 Å². The van der Waals surface area contributed by atoms with Gasteiger partial charge in [0.15, 0.2) is 5.82 Å². The molecule has 2 rings (SSSR count). The summed E-state index contributed by atoms with van der Waals surface area (Å²) in [5, 5.41) is 18.1. The third-order valence-corrected chi connectivity index (χ3v) is 3.64. The maximum atomic E-state index is 9.42. The lowest BCUT2D eigenvalue weighted by Gasteiger charge is -2.35. The largest absolute Gasteiger partial charge is 0.392 e. The van der Waals surface area contributed by atoms with Crippen molar-refractivity contribution in [1.82, 2.24) is 15.1 Å². The lowest BCUT2D eigenvalue weighted by atomic mass is 9.92. The van der Waals surface area contributed by atoms with Crippen LogP contribution in [-0.4, -0.2) is 59.0 Å². The zero-order chi connectivity index (χ0) is 14.8. The van der Waals surface area contributed by atoms with Crippen LogP contribution in [-0.2, 0) is 5.41 Å². The highest BCUT2D eigenvalue weighted by molar-refractivity contribution is 5.38. The van der Waals surface area contributed by atoms with E-state index in [1.807, 2.05) is 6.92 Å². The molecule has 0 spiro atoms. The molecule has 0 unspecified atom stereocenters. The summed E-state index contributed by atoms with van der Waals surface area (Å²) in [5.41, 5.74) is 1.07. The van der Waals surface area contributed by atoms with Gasteiger partial charge in [0, 0.05) is 38.1 Å². The van der Waals surface area contributed by atoms with Gasteiger partial charge in [-0.3, -0.25) is 4.90 Å². The van der Waals surface area contributed by atoms with Gasteiger partial charge < -0.3 is 10.0 Å². The lowest BCUT2D eigenvalue weighted by Crippen LogP contribution is -2.48. The summed E-state index contributed by atoms with van der Waals surface area (Å²) in [7, 11) is 0. The summed E-state index contributed by atoms with van der Waals surface area (Å²) >= 11 is 0. The fraction of sp³-hybridized carbons (Fsp3) is 0.733. The van der Waals surface area contributed by atoms with Crippen LogP contribution in [0.5, 0.6) is 0 Å². The summed E-state index contributed by atoms with van der Waals surface area (Å²) in [4.78, 5) is 4.55. The maximum Gasteiger partial charge on any atom is 0.151 e. The van der Waals surface area contributed by atoms with Crippen molar-refractivity contribution >= 4 is 5.82 Å². The molecule has 0 aromatic carbocycles. The number of hydrogen-bond acceptors (Lipinski definition) is 5. The number of piperazine rings is 1. The normalized spacial score (nSPS) is 19.1. The number of aliphatic hydroxyl groups excluding tert-OH is 1. The summed E-state index contributed by atoms with van der Waals surface area (Å²) in [6.07, 6.45) is -0.257. The van der Waals surface area contributed by atoms with E-state index in [1.54, 1.807) is 0 Å². The quantitative estimate of drug-likeness (QED) is 0.902. The van der Waals surface area contributed by atoms with Crippen LogP contribution in [0.1, 0.15) is 33.4 Å². The number of rotatable bonds is 3. The van der Waals surface area contributed by atoms with Gasteiger partial charge in [0.25, 0.3) is 0 Å². The highest BCUT2D eigenvalue weighted by atomic mass is 16.3. The first-order chi connectivity index (χ1) is 9.36. The van der Waals surface area contributed by atoms with Gasteiger partial charge in [-0.25, -0.2) is 0 Å². The van der Waals surface area contributed by atoms with E-state index in [-0.39, 0.29) is 11.5 Å². The number of hydrogen-bond donors (Lipinski definition) is 1. The van der Waals surface area contributed by atoms with Crippen LogP contribution in [0.15, 0.2) is 12.1 Å². The van der Waals surface area contributed by atoms with E-state index < -0.39 is 0 Å². The zero-order valence-corrected chi connectivity index (χ0v) is 13.0. The molecule has 5 nitrogen and oxygen atoms in total. The van der Waals surface area contributed by atoms with E-state index >= 15 is 0 Å². The van der Waals surface area contributed by atoms with E-state index in [0.717, 1.165) is 44.2 Å². The molecule has 0 saturated carbocycles. The molecular formula is C15H26N4O. The van der Waals surface area contributed by atoms with E-state index in [2.05, 4.69) is 52.9 Å². The van der Waals surface area contributed by atoms with Gasteiger partial charge in [-0.1, -0.05) is 20.8 Å². The molecule has 0 aliphatic carbocycles. The van der Waals surface area contributed by atoms with Crippen molar-refractivity contribution in [2.75, 3.05) is 37.6 Å². The molecule has 1 aromatic rings. The van der Waals surface area contributed by atoms with Crippen LogP contribution in [0.3, 0.4) is 0 Å². The molecule has 1 aliphatic rings. The second-order valence-electron chi connectivity index (χ2n) is 6.66. The van der Waals surface area contributed by atoms with Crippen molar-refractivity contribution in [2.45, 2.75) is 39.2 Å². The summed E-state index contributed by atoms with van der Waals surface area (Å²) < 4.78 is 0. The Labute approximate surface area is 121 Å². The van der Waals surface area contributed by atoms with Crippen molar-refractivity contribution in [3.8, 4) is 0 Å². The van der Waals surface area contributed by atoms with Crippen molar-refractivity contribution < 1.29 is 5.11 Å². The average molecular weight is 278 g/mol. The minimum Gasteiger partial charge on any atom is -0.392 e. The second kappa shape index (κ2) is 6.06. The SMILES string of the molecule is C[C@H](O)CN1CCN(c2ccc(C(C)(C)C)nn2)CC1. The monoisotopic (exact) mass is 278 g/mol. The van der Waals surface area contributed by atoms with Crippen molar-refractivity contribution in [1.29, 1.82) is 0 Å². The van der Waals surface area contributed by atoms with Crippen LogP contribution < -0.4 is 4.90 Å². The fourth-order valence-corrected chi connectivity index (χ4v) is 2.43. The molecule has 1 atom stereocenters. The topological polar surface area (TPSA) is 52.5 Å². The number of nitrogens with zero attached hydrogens (tertiary/aromatic N) is 4. The third kappa shape index (κ3) is 3.90. The van der Waals surface area contributed by atoms with E-state index in [9.17, 15) is 5.11 Å². The fourth-order valence-electron chi connectivity index (χ4n) is 2.43. The van der Waals surface area contributed by atoms with Gasteiger partial charge in [-0.05, 0) is 19.1 Å². The van der Waals surface area contributed by atoms with Crippen molar-refractivity contribution in [2.24, 2.45) is 0 Å². The van der Waals surface area contributed by atoms with Crippen LogP contribution in [0, 0.1) is 0 Å². The summed E-state index contributed by atoms with van der Waals surface area (Å²) in [5.74, 6) is 0.953. The molecule has 0 bridgehead atoms. The molecule has 1 aromatic heterocycles. The molecule has 2 heterocycles. The number of β-amino-alcohol motifs (C(OH)–C–C–N with tert-alkyl or cyclic N) is 1. The minimum absolute atomic E-state index is 0.0431. The first-order valence-corrected chi connectivity index (χ1v) is 7.36. The Hall–Kier alpha value is -1.20. The summed E-state index contributed by atoms with van der Waals surface area (Å²) in [6.45, 7) is 12.8. The molecule has 5 heteroatoms. The Morgan fingerprint density at radius 1 is 1.15 bits per heavy atom. The van der Waals surface area contributed by atoms with Crippen molar-refractivity contribution in [3.63, 3.8) is 0 Å². The van der Waals surface area contributed by atoms with Gasteiger partial charge >= 0.3 is 0 Å². The first-order valence-electron chi connectivity index (χ1n) is 7.36. The summed E-state index contributed by atoms with van der Waals surface area (Å²) in [6, 6.07) is 4.14. The smallest absolute Gasteiger partial charge is 0.151 e. The molecule has 0 amide bonds. The van der Waals surface area contributed by atoms with Gasteiger partial charge in [0.05, 0.1) is 11.8 Å².